The lowest BCUT2D eigenvalue weighted by Crippen LogP contribution is -2.69. The summed E-state index contributed by atoms with van der Waals surface area (Å²) >= 11 is 0. The van der Waals surface area contributed by atoms with E-state index < -0.39 is 35.9 Å². The molecule has 0 spiro atoms. The first-order chi connectivity index (χ1) is 16.1. The quantitative estimate of drug-likeness (QED) is 0.235. The topological polar surface area (TPSA) is 137 Å². The van der Waals surface area contributed by atoms with Gasteiger partial charge in [-0.2, -0.15) is 5.10 Å². The molecule has 0 saturated carbocycles. The molecule has 12 heteroatoms. The maximum absolute atomic E-state index is 13.8. The fourth-order valence-electron chi connectivity index (χ4n) is 2.72. The maximum atomic E-state index is 13.8. The highest BCUT2D eigenvalue weighted by molar-refractivity contribution is 5.98. The van der Waals surface area contributed by atoms with Gasteiger partial charge in [-0.15, -0.1) is 0 Å². The van der Waals surface area contributed by atoms with Crippen molar-refractivity contribution in [3.05, 3.63) is 53.3 Å². The van der Waals surface area contributed by atoms with E-state index in [0.29, 0.717) is 11.1 Å². The highest BCUT2D eigenvalue weighted by Crippen LogP contribution is 2.21. The minimum atomic E-state index is -3.28. The smallest absolute Gasteiger partial charge is 0.315 e. The van der Waals surface area contributed by atoms with Crippen LogP contribution in [0.25, 0.3) is 0 Å². The molecule has 0 aliphatic carbocycles. The summed E-state index contributed by atoms with van der Waals surface area (Å²) in [5, 5.41) is 19.1. The summed E-state index contributed by atoms with van der Waals surface area (Å²) in [5.74, 6) is 8.70. The standard InChI is InChI=1S/C22H22F2N6O4/c1-22(20(23)24,28-21(33)25-2)17(19(32)29-34)27-18(31)16-10-8-14(9-11-16)6-4-5-7-15-12-26-30(3)13-15/h8-13,17,20,34H,1-3H3,(H,27,31)(H,29,32)(H2,25,28,33). The van der Waals surface area contributed by atoms with Crippen molar-refractivity contribution in [3.63, 3.8) is 0 Å². The van der Waals surface area contributed by atoms with Crippen molar-refractivity contribution in [2.75, 3.05) is 7.05 Å². The van der Waals surface area contributed by atoms with Crippen molar-refractivity contribution >= 4 is 17.8 Å². The zero-order chi connectivity index (χ0) is 25.3. The molecule has 2 aromatic rings. The van der Waals surface area contributed by atoms with Crippen molar-refractivity contribution in [2.24, 2.45) is 7.05 Å². The average Bonchev–Trinajstić information content (AvgIpc) is 3.24. The van der Waals surface area contributed by atoms with Gasteiger partial charge in [0.2, 0.25) is 0 Å². The van der Waals surface area contributed by atoms with E-state index in [1.807, 2.05) is 5.32 Å². The number of halogens is 2. The van der Waals surface area contributed by atoms with Crippen molar-refractivity contribution < 1.29 is 28.4 Å². The Morgan fingerprint density at radius 2 is 1.74 bits per heavy atom. The molecule has 4 amide bonds. The molecule has 0 radical (unpaired) electrons. The largest absolute Gasteiger partial charge is 0.341 e. The summed E-state index contributed by atoms with van der Waals surface area (Å²) in [7, 11) is 2.95. The third-order valence-electron chi connectivity index (χ3n) is 4.64. The highest BCUT2D eigenvalue weighted by atomic mass is 19.3. The fourth-order valence-corrected chi connectivity index (χ4v) is 2.72. The van der Waals surface area contributed by atoms with Crippen LogP contribution in [-0.2, 0) is 11.8 Å². The van der Waals surface area contributed by atoms with Gasteiger partial charge in [0.1, 0.15) is 11.6 Å². The van der Waals surface area contributed by atoms with Crippen LogP contribution in [0.15, 0.2) is 36.7 Å². The number of nitrogens with one attached hydrogen (secondary N) is 4. The molecule has 0 aliphatic heterocycles. The summed E-state index contributed by atoms with van der Waals surface area (Å²) in [4.78, 5) is 36.3. The second-order valence-electron chi connectivity index (χ2n) is 7.15. The first-order valence-electron chi connectivity index (χ1n) is 9.74. The van der Waals surface area contributed by atoms with E-state index in [-0.39, 0.29) is 5.56 Å². The van der Waals surface area contributed by atoms with Crippen molar-refractivity contribution in [1.29, 1.82) is 0 Å². The summed E-state index contributed by atoms with van der Waals surface area (Å²) in [5.41, 5.74) is -0.0550. The Labute approximate surface area is 194 Å². The number of urea groups is 1. The van der Waals surface area contributed by atoms with Gasteiger partial charge in [-0.1, -0.05) is 5.92 Å². The van der Waals surface area contributed by atoms with Crippen molar-refractivity contribution in [1.82, 2.24) is 31.2 Å². The first-order valence-corrected chi connectivity index (χ1v) is 9.74. The SMILES string of the molecule is CNC(=O)NC(C)(C(F)F)C(NC(=O)c1ccc(C#CC#Cc2cnn(C)c2)cc1)C(=O)NO. The van der Waals surface area contributed by atoms with Crippen LogP contribution in [0.5, 0.6) is 0 Å². The van der Waals surface area contributed by atoms with E-state index >= 15 is 0 Å². The Morgan fingerprint density at radius 1 is 1.12 bits per heavy atom. The van der Waals surface area contributed by atoms with Crippen LogP contribution in [0.3, 0.4) is 0 Å². The van der Waals surface area contributed by atoms with E-state index in [4.69, 9.17) is 5.21 Å². The van der Waals surface area contributed by atoms with Gasteiger partial charge < -0.3 is 16.0 Å². The van der Waals surface area contributed by atoms with Crippen LogP contribution >= 0.6 is 0 Å². The lowest BCUT2D eigenvalue weighted by Gasteiger charge is -2.36. The number of rotatable bonds is 6. The highest BCUT2D eigenvalue weighted by Gasteiger charge is 2.48. The molecule has 10 nitrogen and oxygen atoms in total. The van der Waals surface area contributed by atoms with E-state index in [0.717, 1.165) is 6.92 Å². The van der Waals surface area contributed by atoms with Crippen LogP contribution in [0.4, 0.5) is 13.6 Å². The third-order valence-corrected chi connectivity index (χ3v) is 4.64. The lowest BCUT2D eigenvalue weighted by molar-refractivity contribution is -0.135. The molecular weight excluding hydrogens is 450 g/mol. The number of carbonyl (C=O) groups excluding carboxylic acids is 3. The van der Waals surface area contributed by atoms with Gasteiger partial charge in [-0.25, -0.2) is 19.1 Å². The Morgan fingerprint density at radius 3 is 2.24 bits per heavy atom. The predicted molar refractivity (Wildman–Crippen MR) is 117 cm³/mol. The number of hydrogen-bond donors (Lipinski definition) is 5. The number of alkyl halides is 2. The van der Waals surface area contributed by atoms with Gasteiger partial charge in [0.15, 0.2) is 0 Å². The van der Waals surface area contributed by atoms with Crippen molar-refractivity contribution in [3.8, 4) is 23.7 Å². The van der Waals surface area contributed by atoms with E-state index in [1.165, 1.54) is 36.8 Å². The molecule has 1 aromatic carbocycles. The number of aromatic nitrogens is 2. The minimum Gasteiger partial charge on any atom is -0.341 e. The molecule has 0 bridgehead atoms. The second kappa shape index (κ2) is 11.4. The number of aryl methyl sites for hydroxylation is 1. The number of amides is 4. The van der Waals surface area contributed by atoms with Gasteiger partial charge in [0.25, 0.3) is 18.2 Å². The zero-order valence-electron chi connectivity index (χ0n) is 18.4. The average molecular weight is 472 g/mol. The summed E-state index contributed by atoms with van der Waals surface area (Å²) < 4.78 is 29.2. The van der Waals surface area contributed by atoms with E-state index in [1.54, 1.807) is 24.1 Å². The molecule has 2 rings (SSSR count). The Bertz CT molecular complexity index is 1170. The molecule has 0 saturated heterocycles. The predicted octanol–water partition coefficient (Wildman–Crippen LogP) is 0.380. The molecule has 0 fully saturated rings. The van der Waals surface area contributed by atoms with E-state index in [9.17, 15) is 23.2 Å². The molecule has 0 aliphatic rings. The van der Waals surface area contributed by atoms with Crippen LogP contribution in [0.1, 0.15) is 28.4 Å². The minimum absolute atomic E-state index is 0.0271. The van der Waals surface area contributed by atoms with Crippen LogP contribution < -0.4 is 21.4 Å². The Hall–Kier alpha value is -4.42. The van der Waals surface area contributed by atoms with Crippen LogP contribution in [0, 0.1) is 23.7 Å². The van der Waals surface area contributed by atoms with E-state index in [2.05, 4.69) is 39.4 Å². The summed E-state index contributed by atoms with van der Waals surface area (Å²) in [6.07, 6.45) is 0.0448. The monoisotopic (exact) mass is 472 g/mol. The normalized spacial score (nSPS) is 12.7. The third kappa shape index (κ3) is 6.54. The molecule has 178 valence electrons. The Balaban J connectivity index is 2.18. The van der Waals surface area contributed by atoms with Crippen LogP contribution in [-0.4, -0.2) is 57.9 Å². The molecule has 34 heavy (non-hydrogen) atoms. The fraction of sp³-hybridized carbons (Fsp3) is 0.273. The van der Waals surface area contributed by atoms with Gasteiger partial charge >= 0.3 is 6.03 Å². The molecule has 5 N–H and O–H groups in total. The molecule has 2 atom stereocenters. The molecular formula is C22H22F2N6O4. The van der Waals surface area contributed by atoms with Gasteiger partial charge in [-0.3, -0.25) is 19.5 Å². The van der Waals surface area contributed by atoms with Gasteiger partial charge in [0.05, 0.1) is 11.8 Å². The summed E-state index contributed by atoms with van der Waals surface area (Å²) in [6.45, 7) is 0.859. The number of hydroxylamine groups is 1. The molecule has 1 heterocycles. The van der Waals surface area contributed by atoms with Crippen molar-refractivity contribution in [2.45, 2.75) is 24.9 Å². The lowest BCUT2D eigenvalue weighted by atomic mass is 9.91. The zero-order valence-corrected chi connectivity index (χ0v) is 18.4. The maximum Gasteiger partial charge on any atom is 0.315 e. The first kappa shape index (κ1) is 25.8. The molecule has 2 unspecified atom stereocenters. The molecule has 1 aromatic heterocycles. The number of benzene rings is 1. The number of nitrogens with zero attached hydrogens (tertiary/aromatic N) is 2. The van der Waals surface area contributed by atoms with Gasteiger partial charge in [-0.05, 0) is 49.0 Å². The number of hydrogen-bond acceptors (Lipinski definition) is 5. The second-order valence-corrected chi connectivity index (χ2v) is 7.15. The number of carbonyl (C=O) groups is 3. The van der Waals surface area contributed by atoms with Gasteiger partial charge in [0, 0.05) is 31.4 Å². The van der Waals surface area contributed by atoms with Crippen LogP contribution in [0.2, 0.25) is 0 Å². The summed E-state index contributed by atoms with van der Waals surface area (Å²) in [6, 6.07) is 2.72. The Kier molecular flexibility index (Phi) is 8.70.